The third-order valence-electron chi connectivity index (χ3n) is 5.47. The minimum Gasteiger partial charge on any atom is -0.478 e. The van der Waals surface area contributed by atoms with Gasteiger partial charge in [-0.25, -0.2) is 4.79 Å². The second-order valence-electron chi connectivity index (χ2n) is 8.99. The fourth-order valence-electron chi connectivity index (χ4n) is 3.61. The normalized spacial score (nSPS) is 12.7. The van der Waals surface area contributed by atoms with Gasteiger partial charge < -0.3 is 25.4 Å². The number of aromatic carboxylic acids is 1. The molecule has 33 heavy (non-hydrogen) atoms. The zero-order valence-corrected chi connectivity index (χ0v) is 20.5. The third-order valence-corrected chi connectivity index (χ3v) is 5.80. The van der Waals surface area contributed by atoms with Crippen molar-refractivity contribution in [3.05, 3.63) is 34.5 Å². The lowest BCUT2D eigenvalue weighted by Crippen LogP contribution is -2.32. The summed E-state index contributed by atoms with van der Waals surface area (Å²) in [7, 11) is 0. The Morgan fingerprint density at radius 3 is 2.39 bits per heavy atom. The number of aliphatic hydroxyl groups excluding tert-OH is 1. The first-order valence-electron chi connectivity index (χ1n) is 11.0. The molecule has 0 fully saturated rings. The van der Waals surface area contributed by atoms with Crippen LogP contribution in [0.15, 0.2) is 18.2 Å². The third kappa shape index (κ3) is 5.04. The summed E-state index contributed by atoms with van der Waals surface area (Å²) in [5, 5.41) is 34.9. The van der Waals surface area contributed by atoms with Crippen molar-refractivity contribution in [2.24, 2.45) is 5.92 Å². The SMILES string of the molecule is CC(C)c1nnc2c(Nc3ccc(Cl)c(C(=O)O)c3)nc(NC(CO)C(C)C)n(C(C)C)c1-2. The molecule has 0 radical (unpaired) electrons. The Morgan fingerprint density at radius 1 is 1.15 bits per heavy atom. The maximum Gasteiger partial charge on any atom is 0.337 e. The first kappa shape index (κ1) is 24.7. The van der Waals surface area contributed by atoms with Crippen molar-refractivity contribution >= 4 is 35.0 Å². The summed E-state index contributed by atoms with van der Waals surface area (Å²) < 4.78 is 2.05. The Bertz CT molecular complexity index is 1110. The Kier molecular flexibility index (Phi) is 7.44. The standard InChI is InChI=1S/C23H31ClN6O3/c1-11(2)17(10-31)26-23-27-21(25-14-7-8-16(24)15(9-14)22(32)33)19-20(30(23)13(5)6)18(12(3)4)28-29-19/h7-9,11-13,17,25,31H,10H2,1-6H3,(H,26,27)(H,32,33). The van der Waals surface area contributed by atoms with Crippen LogP contribution in [-0.4, -0.2) is 48.6 Å². The average molecular weight is 475 g/mol. The van der Waals surface area contributed by atoms with E-state index in [1.54, 1.807) is 6.07 Å². The minimum atomic E-state index is -1.12. The van der Waals surface area contributed by atoms with Crippen molar-refractivity contribution < 1.29 is 15.0 Å². The maximum atomic E-state index is 11.5. The van der Waals surface area contributed by atoms with Gasteiger partial charge in [0.1, 0.15) is 0 Å². The molecule has 178 valence electrons. The van der Waals surface area contributed by atoms with Gasteiger partial charge in [-0.1, -0.05) is 39.3 Å². The molecule has 1 atom stereocenters. The van der Waals surface area contributed by atoms with Crippen LogP contribution in [0.5, 0.6) is 0 Å². The number of halogens is 1. The van der Waals surface area contributed by atoms with Gasteiger partial charge in [-0.2, -0.15) is 10.1 Å². The van der Waals surface area contributed by atoms with E-state index in [-0.39, 0.29) is 41.1 Å². The highest BCUT2D eigenvalue weighted by Crippen LogP contribution is 2.39. The van der Waals surface area contributed by atoms with Crippen LogP contribution in [0.2, 0.25) is 5.02 Å². The molecule has 0 saturated carbocycles. The van der Waals surface area contributed by atoms with Crippen LogP contribution in [0.25, 0.3) is 11.4 Å². The molecule has 0 aliphatic carbocycles. The Labute approximate surface area is 198 Å². The van der Waals surface area contributed by atoms with E-state index in [9.17, 15) is 15.0 Å². The summed E-state index contributed by atoms with van der Waals surface area (Å²) in [6.45, 7) is 12.2. The van der Waals surface area contributed by atoms with Crippen LogP contribution in [0.4, 0.5) is 17.5 Å². The van der Waals surface area contributed by atoms with E-state index in [0.29, 0.717) is 23.1 Å². The number of fused-ring (bicyclic) bond motifs is 1. The lowest BCUT2D eigenvalue weighted by Gasteiger charge is -2.28. The molecule has 0 amide bonds. The second-order valence-corrected chi connectivity index (χ2v) is 9.39. The van der Waals surface area contributed by atoms with Crippen molar-refractivity contribution in [2.45, 2.75) is 59.5 Å². The molecule has 1 aromatic carbocycles. The summed E-state index contributed by atoms with van der Waals surface area (Å²) in [6.07, 6.45) is 0. The number of aromatic nitrogens is 4. The van der Waals surface area contributed by atoms with Crippen molar-refractivity contribution in [2.75, 3.05) is 17.2 Å². The summed E-state index contributed by atoms with van der Waals surface area (Å²) in [4.78, 5) is 16.3. The van der Waals surface area contributed by atoms with Gasteiger partial charge in [0.15, 0.2) is 11.5 Å². The fourth-order valence-corrected chi connectivity index (χ4v) is 3.81. The molecule has 0 saturated heterocycles. The van der Waals surface area contributed by atoms with Gasteiger partial charge in [0.05, 0.1) is 34.6 Å². The lowest BCUT2D eigenvalue weighted by molar-refractivity contribution is 0.0697. The van der Waals surface area contributed by atoms with Crippen LogP contribution in [0.1, 0.15) is 69.6 Å². The molecule has 0 bridgehead atoms. The average Bonchev–Trinajstić information content (AvgIpc) is 3.18. The van der Waals surface area contributed by atoms with Crippen LogP contribution >= 0.6 is 11.6 Å². The highest BCUT2D eigenvalue weighted by atomic mass is 35.5. The molecule has 1 unspecified atom stereocenters. The van der Waals surface area contributed by atoms with Gasteiger partial charge in [-0.3, -0.25) is 0 Å². The van der Waals surface area contributed by atoms with Gasteiger partial charge in [-0.15, -0.1) is 5.10 Å². The smallest absolute Gasteiger partial charge is 0.337 e. The predicted octanol–water partition coefficient (Wildman–Crippen LogP) is 5.01. The molecule has 10 heteroatoms. The van der Waals surface area contributed by atoms with E-state index in [1.165, 1.54) is 12.1 Å². The monoisotopic (exact) mass is 474 g/mol. The molecule has 1 aromatic rings. The maximum absolute atomic E-state index is 11.5. The number of hydrogen-bond donors (Lipinski definition) is 4. The van der Waals surface area contributed by atoms with E-state index in [4.69, 9.17) is 16.6 Å². The van der Waals surface area contributed by atoms with E-state index >= 15 is 0 Å². The number of carboxylic acids is 1. The van der Waals surface area contributed by atoms with Crippen LogP contribution in [-0.2, 0) is 0 Å². The van der Waals surface area contributed by atoms with Crippen molar-refractivity contribution in [3.63, 3.8) is 0 Å². The summed E-state index contributed by atoms with van der Waals surface area (Å²) in [5.74, 6) is 0.169. The molecular formula is C23H31ClN6O3. The number of nitrogens with zero attached hydrogens (tertiary/aromatic N) is 4. The quantitative estimate of drug-likeness (QED) is 0.341. The molecular weight excluding hydrogens is 444 g/mol. The molecule has 2 aliphatic rings. The lowest BCUT2D eigenvalue weighted by atomic mass is 10.0. The van der Waals surface area contributed by atoms with E-state index in [1.807, 2.05) is 18.4 Å². The summed E-state index contributed by atoms with van der Waals surface area (Å²) in [6, 6.07) is 4.50. The number of carboxylic acid groups (broad SMARTS) is 1. The highest BCUT2D eigenvalue weighted by Gasteiger charge is 2.29. The van der Waals surface area contributed by atoms with Crippen molar-refractivity contribution in [3.8, 4) is 11.4 Å². The number of benzene rings is 1. The number of hydrogen-bond acceptors (Lipinski definition) is 7. The van der Waals surface area contributed by atoms with Gasteiger partial charge in [-0.05, 0) is 43.9 Å². The molecule has 3 rings (SSSR count). The van der Waals surface area contributed by atoms with E-state index < -0.39 is 5.97 Å². The van der Waals surface area contributed by atoms with Crippen molar-refractivity contribution in [1.29, 1.82) is 0 Å². The molecule has 4 N–H and O–H groups in total. The number of nitrogens with one attached hydrogen (secondary N) is 2. The minimum absolute atomic E-state index is 0.0129. The summed E-state index contributed by atoms with van der Waals surface area (Å²) in [5.41, 5.74) is 2.75. The van der Waals surface area contributed by atoms with Crippen LogP contribution in [0, 0.1) is 5.92 Å². The number of rotatable bonds is 9. The van der Waals surface area contributed by atoms with Gasteiger partial charge >= 0.3 is 5.97 Å². The second kappa shape index (κ2) is 9.93. The van der Waals surface area contributed by atoms with E-state index in [2.05, 4.69) is 48.5 Å². The Balaban J connectivity index is 2.21. The molecule has 2 heterocycles. The van der Waals surface area contributed by atoms with Gasteiger partial charge in [0, 0.05) is 11.7 Å². The first-order valence-corrected chi connectivity index (χ1v) is 11.4. The number of carbonyl (C=O) groups is 1. The fraction of sp³-hybridized carbons (Fsp3) is 0.478. The zero-order valence-electron chi connectivity index (χ0n) is 19.7. The predicted molar refractivity (Wildman–Crippen MR) is 130 cm³/mol. The first-order chi connectivity index (χ1) is 15.5. The van der Waals surface area contributed by atoms with Crippen molar-refractivity contribution in [1.82, 2.24) is 19.7 Å². The molecule has 0 spiro atoms. The Morgan fingerprint density at radius 2 is 1.85 bits per heavy atom. The number of aliphatic hydroxyl groups is 1. The molecule has 2 aliphatic heterocycles. The Hall–Kier alpha value is -2.91. The summed E-state index contributed by atoms with van der Waals surface area (Å²) >= 11 is 6.03. The van der Waals surface area contributed by atoms with Crippen LogP contribution < -0.4 is 10.6 Å². The highest BCUT2D eigenvalue weighted by molar-refractivity contribution is 6.33. The molecule has 0 aromatic heterocycles. The van der Waals surface area contributed by atoms with E-state index in [0.717, 1.165) is 11.4 Å². The number of anilines is 3. The van der Waals surface area contributed by atoms with Crippen LogP contribution in [0.3, 0.4) is 0 Å². The van der Waals surface area contributed by atoms with Gasteiger partial charge in [0.2, 0.25) is 5.95 Å². The topological polar surface area (TPSA) is 125 Å². The molecule has 9 nitrogen and oxygen atoms in total. The van der Waals surface area contributed by atoms with Gasteiger partial charge in [0.25, 0.3) is 0 Å². The largest absolute Gasteiger partial charge is 0.478 e. The zero-order chi connectivity index (χ0) is 24.4.